The lowest BCUT2D eigenvalue weighted by Crippen LogP contribution is -2.36. The Kier molecular flexibility index (Phi) is 4.16. The summed E-state index contributed by atoms with van der Waals surface area (Å²) in [5.41, 5.74) is -0.689. The molecule has 7 heteroatoms. The molecule has 0 saturated heterocycles. The predicted octanol–water partition coefficient (Wildman–Crippen LogP) is 2.14. The van der Waals surface area contributed by atoms with E-state index in [4.69, 9.17) is 4.74 Å². The lowest BCUT2D eigenvalue weighted by molar-refractivity contribution is -0.384. The van der Waals surface area contributed by atoms with Gasteiger partial charge in [-0.05, 0) is 18.9 Å². The summed E-state index contributed by atoms with van der Waals surface area (Å²) in [7, 11) is 1.37. The van der Waals surface area contributed by atoms with Gasteiger partial charge in [0.05, 0.1) is 17.4 Å². The number of nitro groups is 1. The van der Waals surface area contributed by atoms with Crippen LogP contribution in [0, 0.1) is 15.5 Å². The maximum absolute atomic E-state index is 12.0. The number of hydrogen-bond donors (Lipinski definition) is 1. The van der Waals surface area contributed by atoms with Crippen molar-refractivity contribution in [3.8, 4) is 0 Å². The molecule has 1 N–H and O–H groups in total. The summed E-state index contributed by atoms with van der Waals surface area (Å²) >= 11 is 0. The lowest BCUT2D eigenvalue weighted by atomic mass is 9.86. The lowest BCUT2D eigenvalue weighted by Gasteiger charge is -2.26. The van der Waals surface area contributed by atoms with Crippen molar-refractivity contribution in [3.63, 3.8) is 0 Å². The number of ether oxygens (including phenoxy) is 1. The molecule has 20 heavy (non-hydrogen) atoms. The van der Waals surface area contributed by atoms with Crippen LogP contribution in [0.25, 0.3) is 0 Å². The van der Waals surface area contributed by atoms with Gasteiger partial charge in [0, 0.05) is 18.8 Å². The standard InChI is InChI=1S/C13H17N3O4/c1-20-12(17)13(6-2-3-7-13)9-15-11-10(16(18)19)5-4-8-14-11/h4-5,8H,2-3,6-7,9H2,1H3,(H,14,15). The van der Waals surface area contributed by atoms with E-state index in [9.17, 15) is 14.9 Å². The molecule has 0 radical (unpaired) electrons. The highest BCUT2D eigenvalue weighted by atomic mass is 16.6. The fourth-order valence-electron chi connectivity index (χ4n) is 2.65. The highest BCUT2D eigenvalue weighted by molar-refractivity contribution is 5.78. The first-order valence-electron chi connectivity index (χ1n) is 6.51. The van der Waals surface area contributed by atoms with Crippen LogP contribution in [0.5, 0.6) is 0 Å². The van der Waals surface area contributed by atoms with Gasteiger partial charge in [-0.25, -0.2) is 4.98 Å². The molecule has 1 aliphatic carbocycles. The van der Waals surface area contributed by atoms with E-state index >= 15 is 0 Å². The van der Waals surface area contributed by atoms with Crippen LogP contribution in [-0.4, -0.2) is 29.5 Å². The van der Waals surface area contributed by atoms with Gasteiger partial charge < -0.3 is 10.1 Å². The van der Waals surface area contributed by atoms with E-state index in [2.05, 4.69) is 10.3 Å². The summed E-state index contributed by atoms with van der Waals surface area (Å²) < 4.78 is 4.87. The van der Waals surface area contributed by atoms with Gasteiger partial charge in [0.15, 0.2) is 0 Å². The van der Waals surface area contributed by atoms with Crippen molar-refractivity contribution in [1.82, 2.24) is 4.98 Å². The number of rotatable bonds is 5. The topological polar surface area (TPSA) is 94.4 Å². The second-order valence-corrected chi connectivity index (χ2v) is 4.96. The van der Waals surface area contributed by atoms with E-state index in [1.165, 1.54) is 25.4 Å². The highest BCUT2D eigenvalue weighted by Gasteiger charge is 2.42. The quantitative estimate of drug-likeness (QED) is 0.504. The minimum absolute atomic E-state index is 0.0921. The molecular formula is C13H17N3O4. The van der Waals surface area contributed by atoms with Gasteiger partial charge in [-0.1, -0.05) is 12.8 Å². The Bertz CT molecular complexity index is 512. The molecule has 0 aliphatic heterocycles. The maximum atomic E-state index is 12.0. The second-order valence-electron chi connectivity index (χ2n) is 4.96. The summed E-state index contributed by atoms with van der Waals surface area (Å²) in [5.74, 6) is -0.0752. The number of anilines is 1. The normalized spacial score (nSPS) is 16.6. The molecule has 0 aromatic carbocycles. The molecule has 0 atom stereocenters. The average Bonchev–Trinajstić information content (AvgIpc) is 2.94. The smallest absolute Gasteiger partial charge is 0.313 e. The number of hydrogen-bond acceptors (Lipinski definition) is 6. The van der Waals surface area contributed by atoms with E-state index < -0.39 is 10.3 Å². The number of aromatic nitrogens is 1. The van der Waals surface area contributed by atoms with Crippen molar-refractivity contribution in [1.29, 1.82) is 0 Å². The summed E-state index contributed by atoms with van der Waals surface area (Å²) in [5, 5.41) is 13.9. The van der Waals surface area contributed by atoms with Crippen LogP contribution in [0.1, 0.15) is 25.7 Å². The van der Waals surface area contributed by atoms with E-state index in [0.29, 0.717) is 6.54 Å². The van der Waals surface area contributed by atoms with Crippen molar-refractivity contribution in [3.05, 3.63) is 28.4 Å². The van der Waals surface area contributed by atoms with Crippen molar-refractivity contribution < 1.29 is 14.5 Å². The Morgan fingerprint density at radius 1 is 1.55 bits per heavy atom. The van der Waals surface area contributed by atoms with Gasteiger partial charge >= 0.3 is 11.7 Å². The number of methoxy groups -OCH3 is 1. The SMILES string of the molecule is COC(=O)C1(CNc2ncccc2[N+](=O)[O-])CCCC1. The number of carbonyl (C=O) groups excluding carboxylic acids is 1. The van der Waals surface area contributed by atoms with Crippen LogP contribution >= 0.6 is 0 Å². The molecule has 0 amide bonds. The zero-order chi connectivity index (χ0) is 14.6. The Balaban J connectivity index is 2.14. The number of esters is 1. The molecule has 0 spiro atoms. The third-order valence-corrected chi connectivity index (χ3v) is 3.76. The van der Waals surface area contributed by atoms with Gasteiger partial charge in [0.1, 0.15) is 0 Å². The number of pyridine rings is 1. The largest absolute Gasteiger partial charge is 0.469 e. The molecule has 1 saturated carbocycles. The van der Waals surface area contributed by atoms with Crippen LogP contribution in [0.3, 0.4) is 0 Å². The zero-order valence-corrected chi connectivity index (χ0v) is 11.3. The molecule has 1 aromatic rings. The van der Waals surface area contributed by atoms with Gasteiger partial charge in [0.2, 0.25) is 5.82 Å². The molecule has 1 aliphatic rings. The molecule has 0 bridgehead atoms. The molecule has 108 valence electrons. The van der Waals surface area contributed by atoms with Gasteiger partial charge in [-0.3, -0.25) is 14.9 Å². The molecule has 1 aromatic heterocycles. The van der Waals surface area contributed by atoms with Crippen LogP contribution in [-0.2, 0) is 9.53 Å². The maximum Gasteiger partial charge on any atom is 0.313 e. The first-order chi connectivity index (χ1) is 9.59. The minimum Gasteiger partial charge on any atom is -0.469 e. The van der Waals surface area contributed by atoms with E-state index in [0.717, 1.165) is 25.7 Å². The van der Waals surface area contributed by atoms with Gasteiger partial charge in [-0.15, -0.1) is 0 Å². The van der Waals surface area contributed by atoms with E-state index in [-0.39, 0.29) is 17.5 Å². The molecule has 1 fully saturated rings. The van der Waals surface area contributed by atoms with Crippen molar-refractivity contribution in [2.24, 2.45) is 5.41 Å². The Morgan fingerprint density at radius 3 is 2.85 bits per heavy atom. The number of carbonyl (C=O) groups is 1. The van der Waals surface area contributed by atoms with Crippen molar-refractivity contribution in [2.45, 2.75) is 25.7 Å². The Hall–Kier alpha value is -2.18. The second kappa shape index (κ2) is 5.85. The van der Waals surface area contributed by atoms with E-state index in [1.54, 1.807) is 0 Å². The summed E-state index contributed by atoms with van der Waals surface area (Å²) in [4.78, 5) is 26.4. The van der Waals surface area contributed by atoms with Gasteiger partial charge in [-0.2, -0.15) is 0 Å². The van der Waals surface area contributed by atoms with Crippen LogP contribution in [0.2, 0.25) is 0 Å². The first kappa shape index (κ1) is 14.2. The molecular weight excluding hydrogens is 262 g/mol. The van der Waals surface area contributed by atoms with Crippen LogP contribution in [0.4, 0.5) is 11.5 Å². The molecule has 1 heterocycles. The Morgan fingerprint density at radius 2 is 2.25 bits per heavy atom. The van der Waals surface area contributed by atoms with Gasteiger partial charge in [0.25, 0.3) is 0 Å². The molecule has 0 unspecified atom stereocenters. The summed E-state index contributed by atoms with van der Waals surface area (Å²) in [6.07, 6.45) is 4.86. The van der Waals surface area contributed by atoms with Crippen molar-refractivity contribution in [2.75, 3.05) is 19.0 Å². The Labute approximate surface area is 116 Å². The van der Waals surface area contributed by atoms with Crippen LogP contribution in [0.15, 0.2) is 18.3 Å². The third-order valence-electron chi connectivity index (χ3n) is 3.76. The summed E-state index contributed by atoms with van der Waals surface area (Å²) in [6.45, 7) is 0.303. The monoisotopic (exact) mass is 279 g/mol. The van der Waals surface area contributed by atoms with Crippen molar-refractivity contribution >= 4 is 17.5 Å². The molecule has 2 rings (SSSR count). The third kappa shape index (κ3) is 2.71. The summed E-state index contributed by atoms with van der Waals surface area (Å²) in [6, 6.07) is 2.89. The highest BCUT2D eigenvalue weighted by Crippen LogP contribution is 2.39. The average molecular weight is 279 g/mol. The predicted molar refractivity (Wildman–Crippen MR) is 72.3 cm³/mol. The fraction of sp³-hybridized carbons (Fsp3) is 0.538. The number of nitrogens with one attached hydrogen (secondary N) is 1. The van der Waals surface area contributed by atoms with Crippen LogP contribution < -0.4 is 5.32 Å². The zero-order valence-electron chi connectivity index (χ0n) is 11.3. The fourth-order valence-corrected chi connectivity index (χ4v) is 2.65. The minimum atomic E-state index is -0.597. The first-order valence-corrected chi connectivity index (χ1v) is 6.51. The van der Waals surface area contributed by atoms with E-state index in [1.807, 2.05) is 0 Å². The molecule has 7 nitrogen and oxygen atoms in total. The number of nitrogens with zero attached hydrogens (tertiary/aromatic N) is 2.